The number of rotatable bonds is 4. The highest BCUT2D eigenvalue weighted by Crippen LogP contribution is 2.16. The highest BCUT2D eigenvalue weighted by molar-refractivity contribution is 9.08. The standard InChI is InChI=1S/C13H12BrNO2/c1-2-17-13(16)6-5-11-7-10(9-15)3-4-12(11)8-14/h3-7H,2,8H2,1H3. The van der Waals surface area contributed by atoms with Gasteiger partial charge in [0.05, 0.1) is 18.2 Å². The van der Waals surface area contributed by atoms with Crippen LogP contribution in [0.4, 0.5) is 0 Å². The molecule has 0 aliphatic rings. The maximum Gasteiger partial charge on any atom is 0.330 e. The van der Waals surface area contributed by atoms with Gasteiger partial charge in [0.15, 0.2) is 0 Å². The maximum atomic E-state index is 11.2. The fourth-order valence-electron chi connectivity index (χ4n) is 1.29. The summed E-state index contributed by atoms with van der Waals surface area (Å²) in [5, 5.41) is 9.48. The second-order valence-corrected chi connectivity index (χ2v) is 3.81. The van der Waals surface area contributed by atoms with Crippen molar-refractivity contribution in [3.8, 4) is 6.07 Å². The van der Waals surface area contributed by atoms with Crippen LogP contribution in [0.5, 0.6) is 0 Å². The van der Waals surface area contributed by atoms with E-state index in [4.69, 9.17) is 10.00 Å². The van der Waals surface area contributed by atoms with Crippen LogP contribution in [0.1, 0.15) is 23.6 Å². The van der Waals surface area contributed by atoms with Crippen LogP contribution in [0.2, 0.25) is 0 Å². The quantitative estimate of drug-likeness (QED) is 0.487. The zero-order chi connectivity index (χ0) is 12.7. The summed E-state index contributed by atoms with van der Waals surface area (Å²) in [6.45, 7) is 2.11. The Hall–Kier alpha value is -1.60. The number of nitrogens with zero attached hydrogens (tertiary/aromatic N) is 1. The van der Waals surface area contributed by atoms with E-state index < -0.39 is 0 Å². The molecule has 0 bridgehead atoms. The van der Waals surface area contributed by atoms with E-state index in [9.17, 15) is 4.79 Å². The van der Waals surface area contributed by atoms with Crippen molar-refractivity contribution in [1.29, 1.82) is 5.26 Å². The Morgan fingerprint density at radius 3 is 2.94 bits per heavy atom. The van der Waals surface area contributed by atoms with E-state index in [0.29, 0.717) is 17.5 Å². The summed E-state index contributed by atoms with van der Waals surface area (Å²) in [6, 6.07) is 7.42. The zero-order valence-corrected chi connectivity index (χ0v) is 11.0. The number of hydrogen-bond acceptors (Lipinski definition) is 3. The topological polar surface area (TPSA) is 50.1 Å². The molecule has 1 rings (SSSR count). The van der Waals surface area contributed by atoms with Crippen LogP contribution in [0.3, 0.4) is 0 Å². The lowest BCUT2D eigenvalue weighted by Gasteiger charge is -2.02. The second kappa shape index (κ2) is 6.87. The Kier molecular flexibility index (Phi) is 5.44. The monoisotopic (exact) mass is 293 g/mol. The van der Waals surface area contributed by atoms with E-state index >= 15 is 0 Å². The molecule has 3 nitrogen and oxygen atoms in total. The summed E-state index contributed by atoms with van der Waals surface area (Å²) in [5.74, 6) is -0.379. The minimum atomic E-state index is -0.379. The summed E-state index contributed by atoms with van der Waals surface area (Å²) >= 11 is 3.36. The number of nitriles is 1. The van der Waals surface area contributed by atoms with Gasteiger partial charge in [0, 0.05) is 11.4 Å². The molecule has 0 aromatic heterocycles. The van der Waals surface area contributed by atoms with Gasteiger partial charge in [0.25, 0.3) is 0 Å². The third-order valence-electron chi connectivity index (χ3n) is 2.10. The van der Waals surface area contributed by atoms with E-state index in [1.54, 1.807) is 25.1 Å². The first-order chi connectivity index (χ1) is 8.21. The lowest BCUT2D eigenvalue weighted by atomic mass is 10.1. The SMILES string of the molecule is CCOC(=O)C=Cc1cc(C#N)ccc1CBr. The summed E-state index contributed by atoms with van der Waals surface area (Å²) in [7, 11) is 0. The Bertz CT molecular complexity index is 475. The molecule has 0 aliphatic carbocycles. The average Bonchev–Trinajstić information content (AvgIpc) is 2.36. The van der Waals surface area contributed by atoms with Crippen molar-refractivity contribution in [2.75, 3.05) is 6.61 Å². The molecule has 0 saturated heterocycles. The van der Waals surface area contributed by atoms with Gasteiger partial charge in [-0.1, -0.05) is 22.0 Å². The number of carbonyl (C=O) groups excluding carboxylic acids is 1. The van der Waals surface area contributed by atoms with E-state index in [2.05, 4.69) is 22.0 Å². The molecular weight excluding hydrogens is 282 g/mol. The lowest BCUT2D eigenvalue weighted by Crippen LogP contribution is -1.99. The largest absolute Gasteiger partial charge is 0.463 e. The number of esters is 1. The van der Waals surface area contributed by atoms with E-state index in [1.165, 1.54) is 6.08 Å². The number of ether oxygens (including phenoxy) is 1. The van der Waals surface area contributed by atoms with Crippen LogP contribution in [-0.4, -0.2) is 12.6 Å². The summed E-state index contributed by atoms with van der Waals surface area (Å²) in [5.41, 5.74) is 2.43. The normalized spacial score (nSPS) is 10.2. The highest BCUT2D eigenvalue weighted by atomic mass is 79.9. The molecule has 0 fully saturated rings. The number of halogens is 1. The molecule has 88 valence electrons. The van der Waals surface area contributed by atoms with Crippen molar-refractivity contribution in [3.05, 3.63) is 41.0 Å². The molecule has 4 heteroatoms. The molecule has 0 aliphatic heterocycles. The Morgan fingerprint density at radius 1 is 1.59 bits per heavy atom. The van der Waals surface area contributed by atoms with Crippen LogP contribution >= 0.6 is 15.9 Å². The molecule has 17 heavy (non-hydrogen) atoms. The van der Waals surface area contributed by atoms with Crippen molar-refractivity contribution < 1.29 is 9.53 Å². The molecule has 0 atom stereocenters. The molecule has 0 saturated carbocycles. The van der Waals surface area contributed by atoms with Gasteiger partial charge in [-0.15, -0.1) is 0 Å². The van der Waals surface area contributed by atoms with Crippen molar-refractivity contribution in [1.82, 2.24) is 0 Å². The van der Waals surface area contributed by atoms with Gasteiger partial charge >= 0.3 is 5.97 Å². The van der Waals surface area contributed by atoms with Crippen molar-refractivity contribution in [3.63, 3.8) is 0 Å². The molecule has 0 unspecified atom stereocenters. The van der Waals surface area contributed by atoms with Crippen LogP contribution < -0.4 is 0 Å². The molecule has 0 heterocycles. The summed E-state index contributed by atoms with van der Waals surface area (Å²) in [6.07, 6.45) is 3.03. The predicted molar refractivity (Wildman–Crippen MR) is 69.5 cm³/mol. The van der Waals surface area contributed by atoms with Gasteiger partial charge in [-0.2, -0.15) is 5.26 Å². The Morgan fingerprint density at radius 2 is 2.35 bits per heavy atom. The summed E-state index contributed by atoms with van der Waals surface area (Å²) in [4.78, 5) is 11.2. The fourth-order valence-corrected chi connectivity index (χ4v) is 1.80. The molecule has 0 spiro atoms. The van der Waals surface area contributed by atoms with Crippen LogP contribution in [-0.2, 0) is 14.9 Å². The van der Waals surface area contributed by atoms with E-state index in [-0.39, 0.29) is 5.97 Å². The highest BCUT2D eigenvalue weighted by Gasteiger charge is 2.01. The number of benzene rings is 1. The van der Waals surface area contributed by atoms with Crippen molar-refractivity contribution >= 4 is 28.0 Å². The van der Waals surface area contributed by atoms with Gasteiger partial charge in [0.2, 0.25) is 0 Å². The number of hydrogen-bond donors (Lipinski definition) is 0. The van der Waals surface area contributed by atoms with Crippen molar-refractivity contribution in [2.45, 2.75) is 12.3 Å². The minimum Gasteiger partial charge on any atom is -0.463 e. The predicted octanol–water partition coefficient (Wildman–Crippen LogP) is 3.03. The van der Waals surface area contributed by atoms with Crippen LogP contribution in [0.15, 0.2) is 24.3 Å². The van der Waals surface area contributed by atoms with Crippen LogP contribution in [0, 0.1) is 11.3 Å². The Balaban J connectivity index is 2.96. The summed E-state index contributed by atoms with van der Waals surface area (Å²) < 4.78 is 4.79. The third kappa shape index (κ3) is 4.04. The van der Waals surface area contributed by atoms with E-state index in [1.807, 2.05) is 6.07 Å². The zero-order valence-electron chi connectivity index (χ0n) is 9.44. The minimum absolute atomic E-state index is 0.354. The first-order valence-corrected chi connectivity index (χ1v) is 6.27. The number of alkyl halides is 1. The molecule has 1 aromatic rings. The second-order valence-electron chi connectivity index (χ2n) is 3.24. The van der Waals surface area contributed by atoms with Crippen molar-refractivity contribution in [2.24, 2.45) is 0 Å². The number of carbonyl (C=O) groups is 1. The maximum absolute atomic E-state index is 11.2. The van der Waals surface area contributed by atoms with E-state index in [0.717, 1.165) is 11.1 Å². The molecule has 1 aromatic carbocycles. The third-order valence-corrected chi connectivity index (χ3v) is 2.71. The smallest absolute Gasteiger partial charge is 0.330 e. The molecular formula is C13H12BrNO2. The molecule has 0 radical (unpaired) electrons. The van der Waals surface area contributed by atoms with Gasteiger partial charge in [-0.05, 0) is 36.3 Å². The van der Waals surface area contributed by atoms with Crippen LogP contribution in [0.25, 0.3) is 6.08 Å². The van der Waals surface area contributed by atoms with Gasteiger partial charge in [0.1, 0.15) is 0 Å². The van der Waals surface area contributed by atoms with Gasteiger partial charge < -0.3 is 4.74 Å². The average molecular weight is 294 g/mol. The lowest BCUT2D eigenvalue weighted by molar-refractivity contribution is -0.137. The first-order valence-electron chi connectivity index (χ1n) is 5.15. The van der Waals surface area contributed by atoms with Gasteiger partial charge in [-0.25, -0.2) is 4.79 Å². The molecule has 0 amide bonds. The van der Waals surface area contributed by atoms with Gasteiger partial charge in [-0.3, -0.25) is 0 Å². The Labute approximate surface area is 109 Å². The molecule has 0 N–H and O–H groups in total. The fraction of sp³-hybridized carbons (Fsp3) is 0.231. The first kappa shape index (κ1) is 13.5.